The lowest BCUT2D eigenvalue weighted by atomic mass is 10.3. The first-order chi connectivity index (χ1) is 5.52. The van der Waals surface area contributed by atoms with Gasteiger partial charge in [0.2, 0.25) is 6.20 Å². The van der Waals surface area contributed by atoms with Gasteiger partial charge in [-0.1, -0.05) is 23.2 Å². The van der Waals surface area contributed by atoms with Crippen molar-refractivity contribution in [2.24, 2.45) is 5.73 Å². The normalized spacial score (nSPS) is 9.83. The third-order valence-corrected chi connectivity index (χ3v) is 1.59. The van der Waals surface area contributed by atoms with Crippen molar-refractivity contribution in [2.45, 2.75) is 0 Å². The molecule has 1 heterocycles. The standard InChI is InChI=1S/C6H3Cl2N2O2/c7-3-1-4(8)5(6(9)11)10(12)2-3/h2H,(H2,9,11). The molecule has 6 heteroatoms. The van der Waals surface area contributed by atoms with E-state index in [1.165, 1.54) is 0 Å². The van der Waals surface area contributed by atoms with Gasteiger partial charge < -0.3 is 10.9 Å². The van der Waals surface area contributed by atoms with E-state index in [4.69, 9.17) is 28.9 Å². The third kappa shape index (κ3) is 1.60. The predicted molar refractivity (Wildman–Crippen MR) is 42.8 cm³/mol. The first kappa shape index (κ1) is 9.09. The van der Waals surface area contributed by atoms with E-state index in [1.807, 2.05) is 0 Å². The summed E-state index contributed by atoms with van der Waals surface area (Å²) in [4.78, 5) is 10.6. The van der Waals surface area contributed by atoms with E-state index >= 15 is 0 Å². The molecule has 0 saturated carbocycles. The van der Waals surface area contributed by atoms with Crippen molar-refractivity contribution in [3.8, 4) is 0 Å². The van der Waals surface area contributed by atoms with E-state index in [0.29, 0.717) is 0 Å². The van der Waals surface area contributed by atoms with Gasteiger partial charge in [0.25, 0.3) is 0 Å². The predicted octanol–water partition coefficient (Wildman–Crippen LogP) is 0.526. The summed E-state index contributed by atoms with van der Waals surface area (Å²) in [5.74, 6) is -0.914. The fourth-order valence-electron chi connectivity index (χ4n) is 0.677. The zero-order valence-corrected chi connectivity index (χ0v) is 7.19. The molecule has 0 atom stereocenters. The third-order valence-electron chi connectivity index (χ3n) is 1.12. The Morgan fingerprint density at radius 3 is 2.67 bits per heavy atom. The number of amides is 1. The van der Waals surface area contributed by atoms with Gasteiger partial charge in [-0.25, -0.2) is 0 Å². The average molecular weight is 206 g/mol. The van der Waals surface area contributed by atoms with Gasteiger partial charge >= 0.3 is 11.6 Å². The molecule has 0 bridgehead atoms. The maximum absolute atomic E-state index is 10.9. The number of carbonyl (C=O) groups is 1. The van der Waals surface area contributed by atoms with E-state index in [0.717, 1.165) is 6.20 Å². The lowest BCUT2D eigenvalue weighted by Gasteiger charge is -2.01. The highest BCUT2D eigenvalue weighted by atomic mass is 35.5. The molecule has 1 amide bonds. The van der Waals surface area contributed by atoms with Crippen molar-refractivity contribution in [2.75, 3.05) is 0 Å². The molecule has 0 unspecified atom stereocenters. The minimum Gasteiger partial charge on any atom is -0.618 e. The number of hydrogen-bond acceptors (Lipinski definition) is 2. The van der Waals surface area contributed by atoms with Crippen LogP contribution < -0.4 is 10.5 Å². The van der Waals surface area contributed by atoms with Crippen molar-refractivity contribution >= 4 is 29.1 Å². The van der Waals surface area contributed by atoms with E-state index in [2.05, 4.69) is 6.07 Å². The number of nitrogens with zero attached hydrogens (tertiary/aromatic N) is 1. The van der Waals surface area contributed by atoms with Crippen LogP contribution in [0.1, 0.15) is 10.5 Å². The van der Waals surface area contributed by atoms with E-state index in [9.17, 15) is 10.0 Å². The molecule has 12 heavy (non-hydrogen) atoms. The van der Waals surface area contributed by atoms with Gasteiger partial charge in [-0.05, 0) is 0 Å². The maximum atomic E-state index is 10.9. The SMILES string of the molecule is NC(=O)c1c(Cl)[c]c(Cl)c[n+]1[O-]. The molecule has 2 N–H and O–H groups in total. The summed E-state index contributed by atoms with van der Waals surface area (Å²) in [7, 11) is 0. The number of pyridine rings is 1. The minimum absolute atomic E-state index is 0.0278. The molecule has 1 aromatic rings. The highest BCUT2D eigenvalue weighted by Crippen LogP contribution is 2.15. The number of nitrogens with two attached hydrogens (primary N) is 1. The number of primary amides is 1. The van der Waals surface area contributed by atoms with Crippen molar-refractivity contribution in [3.63, 3.8) is 0 Å². The lowest BCUT2D eigenvalue weighted by Crippen LogP contribution is -2.37. The van der Waals surface area contributed by atoms with Crippen molar-refractivity contribution in [3.05, 3.63) is 33.2 Å². The molecule has 1 aromatic heterocycles. The first-order valence-corrected chi connectivity index (χ1v) is 3.58. The van der Waals surface area contributed by atoms with E-state index in [1.54, 1.807) is 0 Å². The van der Waals surface area contributed by atoms with E-state index in [-0.39, 0.29) is 20.5 Å². The molecule has 1 rings (SSSR count). The fraction of sp³-hybridized carbons (Fsp3) is 0. The molecular weight excluding hydrogens is 203 g/mol. The van der Waals surface area contributed by atoms with Gasteiger partial charge in [0, 0.05) is 6.07 Å². The van der Waals surface area contributed by atoms with Crippen LogP contribution in [0.5, 0.6) is 0 Å². The van der Waals surface area contributed by atoms with Crippen LogP contribution in [0.2, 0.25) is 10.0 Å². The van der Waals surface area contributed by atoms with Gasteiger partial charge in [-0.15, -0.1) is 0 Å². The number of halogens is 2. The average Bonchev–Trinajstić information content (AvgIpc) is 1.82. The largest absolute Gasteiger partial charge is 0.618 e. The maximum Gasteiger partial charge on any atom is 0.316 e. The molecule has 4 nitrogen and oxygen atoms in total. The van der Waals surface area contributed by atoms with Crippen LogP contribution in [-0.4, -0.2) is 5.91 Å². The smallest absolute Gasteiger partial charge is 0.316 e. The highest BCUT2D eigenvalue weighted by Gasteiger charge is 2.18. The second-order valence-corrected chi connectivity index (χ2v) is 2.74. The van der Waals surface area contributed by atoms with Crippen LogP contribution >= 0.6 is 23.2 Å². The van der Waals surface area contributed by atoms with Crippen LogP contribution in [0.25, 0.3) is 0 Å². The Morgan fingerprint density at radius 2 is 2.25 bits per heavy atom. The quantitative estimate of drug-likeness (QED) is 0.537. The first-order valence-electron chi connectivity index (χ1n) is 2.82. The Hall–Kier alpha value is -1.00. The van der Waals surface area contributed by atoms with Crippen molar-refractivity contribution in [1.29, 1.82) is 0 Å². The van der Waals surface area contributed by atoms with Gasteiger partial charge in [-0.2, -0.15) is 4.73 Å². The van der Waals surface area contributed by atoms with Gasteiger partial charge in [0.15, 0.2) is 0 Å². The summed E-state index contributed by atoms with van der Waals surface area (Å²) in [6.45, 7) is 0. The summed E-state index contributed by atoms with van der Waals surface area (Å²) in [5.41, 5.74) is 4.50. The number of hydrogen-bond donors (Lipinski definition) is 1. The van der Waals surface area contributed by atoms with Crippen molar-refractivity contribution in [1.82, 2.24) is 0 Å². The molecule has 0 spiro atoms. The molecule has 0 fully saturated rings. The Balaban J connectivity index is 3.38. The topological polar surface area (TPSA) is 70.0 Å². The summed E-state index contributed by atoms with van der Waals surface area (Å²) >= 11 is 10.9. The zero-order chi connectivity index (χ0) is 9.30. The summed E-state index contributed by atoms with van der Waals surface area (Å²) < 4.78 is 0.212. The van der Waals surface area contributed by atoms with E-state index < -0.39 is 5.91 Å². The Labute approximate surface area is 78.1 Å². The zero-order valence-electron chi connectivity index (χ0n) is 5.67. The Morgan fingerprint density at radius 1 is 1.67 bits per heavy atom. The van der Waals surface area contributed by atoms with Crippen LogP contribution in [0.15, 0.2) is 6.20 Å². The van der Waals surface area contributed by atoms with Gasteiger partial charge in [0.1, 0.15) is 10.0 Å². The van der Waals surface area contributed by atoms with Crippen LogP contribution in [0, 0.1) is 11.3 Å². The number of rotatable bonds is 1. The van der Waals surface area contributed by atoms with Gasteiger partial charge in [-0.3, -0.25) is 4.79 Å². The molecule has 0 aliphatic carbocycles. The number of aromatic nitrogens is 1. The fourth-order valence-corrected chi connectivity index (χ4v) is 1.19. The molecular formula is C6H3Cl2N2O2. The van der Waals surface area contributed by atoms with Crippen molar-refractivity contribution < 1.29 is 9.52 Å². The summed E-state index contributed by atoms with van der Waals surface area (Å²) in [6.07, 6.45) is 0.952. The summed E-state index contributed by atoms with van der Waals surface area (Å²) in [5, 5.41) is 10.8. The molecule has 0 aliphatic rings. The molecule has 63 valence electrons. The van der Waals surface area contributed by atoms with Crippen LogP contribution in [-0.2, 0) is 0 Å². The highest BCUT2D eigenvalue weighted by molar-refractivity contribution is 6.35. The Bertz CT molecular complexity index is 317. The van der Waals surface area contributed by atoms with Gasteiger partial charge in [0.05, 0.1) is 0 Å². The second kappa shape index (κ2) is 3.16. The molecule has 0 aromatic carbocycles. The monoisotopic (exact) mass is 205 g/mol. The summed E-state index contributed by atoms with van der Waals surface area (Å²) in [6, 6.07) is 2.37. The number of carbonyl (C=O) groups excluding carboxylic acids is 1. The second-order valence-electron chi connectivity index (χ2n) is 1.95. The molecule has 0 saturated heterocycles. The van der Waals surface area contributed by atoms with Crippen LogP contribution in [0.4, 0.5) is 0 Å². The van der Waals surface area contributed by atoms with Crippen LogP contribution in [0.3, 0.4) is 0 Å². The minimum atomic E-state index is -0.914. The lowest BCUT2D eigenvalue weighted by molar-refractivity contribution is -0.607. The molecule has 0 aliphatic heterocycles. The molecule has 1 radical (unpaired) electrons. The Kier molecular flexibility index (Phi) is 2.40.